The van der Waals surface area contributed by atoms with E-state index in [1.54, 1.807) is 0 Å². The van der Waals surface area contributed by atoms with Crippen molar-refractivity contribution in [1.29, 1.82) is 0 Å². The van der Waals surface area contributed by atoms with Crippen LogP contribution in [0.4, 0.5) is 0 Å². The SMILES string of the molecule is CCCCCC(C)CC1(C)C(C)C(C)C1C(C)C. The Morgan fingerprint density at radius 3 is 2.17 bits per heavy atom. The predicted molar refractivity (Wildman–Crippen MR) is 82.7 cm³/mol. The lowest BCUT2D eigenvalue weighted by molar-refractivity contribution is -0.129. The summed E-state index contributed by atoms with van der Waals surface area (Å²) in [4.78, 5) is 0. The smallest absolute Gasteiger partial charge is 0.0262 e. The van der Waals surface area contributed by atoms with Crippen LogP contribution in [0.2, 0.25) is 0 Å². The Balaban J connectivity index is 2.52. The molecule has 0 saturated heterocycles. The maximum absolute atomic E-state index is 2.57. The van der Waals surface area contributed by atoms with Crippen molar-refractivity contribution in [3.05, 3.63) is 0 Å². The van der Waals surface area contributed by atoms with E-state index in [0.717, 1.165) is 29.6 Å². The molecule has 5 atom stereocenters. The van der Waals surface area contributed by atoms with Crippen molar-refractivity contribution in [2.45, 2.75) is 80.6 Å². The van der Waals surface area contributed by atoms with Crippen LogP contribution in [0, 0.1) is 35.0 Å². The Morgan fingerprint density at radius 1 is 1.06 bits per heavy atom. The second-order valence-corrected chi connectivity index (χ2v) is 7.73. The summed E-state index contributed by atoms with van der Waals surface area (Å²) in [6, 6.07) is 0. The fraction of sp³-hybridized carbons (Fsp3) is 1.00. The van der Waals surface area contributed by atoms with Crippen molar-refractivity contribution in [3.8, 4) is 0 Å². The normalized spacial score (nSPS) is 37.7. The average Bonchev–Trinajstić information content (AvgIpc) is 2.28. The lowest BCUT2D eigenvalue weighted by atomic mass is 9.44. The molecule has 0 aromatic heterocycles. The molecule has 0 amide bonds. The van der Waals surface area contributed by atoms with Gasteiger partial charge in [-0.15, -0.1) is 0 Å². The molecule has 0 nitrogen and oxygen atoms in total. The van der Waals surface area contributed by atoms with Gasteiger partial charge in [0.2, 0.25) is 0 Å². The van der Waals surface area contributed by atoms with Crippen LogP contribution in [0.5, 0.6) is 0 Å². The van der Waals surface area contributed by atoms with Crippen molar-refractivity contribution in [3.63, 3.8) is 0 Å². The molecule has 1 saturated carbocycles. The number of hydrogen-bond acceptors (Lipinski definition) is 0. The van der Waals surface area contributed by atoms with E-state index in [1.807, 2.05) is 0 Å². The van der Waals surface area contributed by atoms with Crippen LogP contribution in [-0.2, 0) is 0 Å². The van der Waals surface area contributed by atoms with Gasteiger partial charge in [-0.2, -0.15) is 0 Å². The molecule has 0 aromatic carbocycles. The van der Waals surface area contributed by atoms with Gasteiger partial charge in [0.05, 0.1) is 0 Å². The zero-order valence-corrected chi connectivity index (χ0v) is 13.9. The summed E-state index contributed by atoms with van der Waals surface area (Å²) >= 11 is 0. The van der Waals surface area contributed by atoms with Crippen LogP contribution < -0.4 is 0 Å². The molecule has 1 aliphatic rings. The quantitative estimate of drug-likeness (QED) is 0.476. The average molecular weight is 252 g/mol. The van der Waals surface area contributed by atoms with E-state index >= 15 is 0 Å². The number of unbranched alkanes of at least 4 members (excludes halogenated alkanes) is 2. The lowest BCUT2D eigenvalue weighted by Crippen LogP contribution is -2.55. The van der Waals surface area contributed by atoms with Gasteiger partial charge in [-0.1, -0.05) is 74.1 Å². The first-order valence-electron chi connectivity index (χ1n) is 8.34. The minimum Gasteiger partial charge on any atom is -0.0654 e. The van der Waals surface area contributed by atoms with Crippen LogP contribution in [0.1, 0.15) is 80.6 Å². The van der Waals surface area contributed by atoms with Crippen LogP contribution in [-0.4, -0.2) is 0 Å². The second-order valence-electron chi connectivity index (χ2n) is 7.73. The van der Waals surface area contributed by atoms with Crippen molar-refractivity contribution in [2.24, 2.45) is 35.0 Å². The third-order valence-corrected chi connectivity index (χ3v) is 5.96. The van der Waals surface area contributed by atoms with Crippen molar-refractivity contribution >= 4 is 0 Å². The first kappa shape index (κ1) is 16.1. The van der Waals surface area contributed by atoms with Gasteiger partial charge >= 0.3 is 0 Å². The molecule has 1 rings (SSSR count). The molecule has 5 unspecified atom stereocenters. The Hall–Kier alpha value is 0. The van der Waals surface area contributed by atoms with E-state index in [9.17, 15) is 0 Å². The molecule has 1 fully saturated rings. The third-order valence-electron chi connectivity index (χ3n) is 5.96. The molecule has 0 radical (unpaired) electrons. The predicted octanol–water partition coefficient (Wildman–Crippen LogP) is 6.16. The van der Waals surface area contributed by atoms with E-state index in [2.05, 4.69) is 48.5 Å². The molecule has 1 aliphatic carbocycles. The molecule has 0 heteroatoms. The summed E-state index contributed by atoms with van der Waals surface area (Å²) in [5.74, 6) is 4.55. The third kappa shape index (κ3) is 3.11. The maximum Gasteiger partial charge on any atom is -0.0262 e. The monoisotopic (exact) mass is 252 g/mol. The van der Waals surface area contributed by atoms with E-state index < -0.39 is 0 Å². The van der Waals surface area contributed by atoms with Gasteiger partial charge in [0.1, 0.15) is 0 Å². The first-order valence-corrected chi connectivity index (χ1v) is 8.34. The van der Waals surface area contributed by atoms with Crippen LogP contribution in [0.25, 0.3) is 0 Å². The highest BCUT2D eigenvalue weighted by Crippen LogP contribution is 2.61. The van der Waals surface area contributed by atoms with E-state index in [4.69, 9.17) is 0 Å². The molecule has 0 bridgehead atoms. The Morgan fingerprint density at radius 2 is 1.67 bits per heavy atom. The Labute approximate surface area is 116 Å². The first-order chi connectivity index (χ1) is 8.34. The highest BCUT2D eigenvalue weighted by atomic mass is 14.6. The van der Waals surface area contributed by atoms with Gasteiger partial charge in [-0.3, -0.25) is 0 Å². The number of hydrogen-bond donors (Lipinski definition) is 0. The zero-order chi connectivity index (χ0) is 13.9. The fourth-order valence-corrected chi connectivity index (χ4v) is 4.98. The van der Waals surface area contributed by atoms with Gasteiger partial charge in [0, 0.05) is 0 Å². The molecular formula is C18H36. The molecule has 108 valence electrons. The Kier molecular flexibility index (Phi) is 5.74. The summed E-state index contributed by atoms with van der Waals surface area (Å²) in [7, 11) is 0. The molecule has 0 heterocycles. The molecular weight excluding hydrogens is 216 g/mol. The van der Waals surface area contributed by atoms with Gasteiger partial charge < -0.3 is 0 Å². The maximum atomic E-state index is 2.57. The number of rotatable bonds is 7. The van der Waals surface area contributed by atoms with Gasteiger partial charge in [0.25, 0.3) is 0 Å². The summed E-state index contributed by atoms with van der Waals surface area (Å²) in [5, 5.41) is 0. The van der Waals surface area contributed by atoms with E-state index in [-0.39, 0.29) is 0 Å². The van der Waals surface area contributed by atoms with Crippen molar-refractivity contribution in [1.82, 2.24) is 0 Å². The van der Waals surface area contributed by atoms with Crippen LogP contribution in [0.15, 0.2) is 0 Å². The minimum absolute atomic E-state index is 0.610. The highest BCUT2D eigenvalue weighted by molar-refractivity contribution is 5.03. The molecule has 0 aromatic rings. The topological polar surface area (TPSA) is 0 Å². The summed E-state index contributed by atoms with van der Waals surface area (Å²) in [5.41, 5.74) is 0.610. The van der Waals surface area contributed by atoms with Gasteiger partial charge in [-0.25, -0.2) is 0 Å². The fourth-order valence-electron chi connectivity index (χ4n) is 4.98. The summed E-state index contributed by atoms with van der Waals surface area (Å²) in [6.45, 7) is 17.2. The Bertz CT molecular complexity index is 242. The molecule has 0 N–H and O–H groups in total. The largest absolute Gasteiger partial charge is 0.0654 e. The molecule has 0 spiro atoms. The van der Waals surface area contributed by atoms with Crippen LogP contribution in [0.3, 0.4) is 0 Å². The standard InChI is InChI=1S/C18H36/c1-8-9-10-11-14(4)12-18(7)16(6)15(5)17(18)13(2)3/h13-17H,8-12H2,1-7H3. The zero-order valence-electron chi connectivity index (χ0n) is 13.9. The van der Waals surface area contributed by atoms with E-state index in [1.165, 1.54) is 32.1 Å². The van der Waals surface area contributed by atoms with Crippen molar-refractivity contribution in [2.75, 3.05) is 0 Å². The molecule has 0 aliphatic heterocycles. The van der Waals surface area contributed by atoms with Gasteiger partial charge in [-0.05, 0) is 41.4 Å². The van der Waals surface area contributed by atoms with Crippen molar-refractivity contribution < 1.29 is 0 Å². The molecule has 18 heavy (non-hydrogen) atoms. The van der Waals surface area contributed by atoms with Gasteiger partial charge in [0.15, 0.2) is 0 Å². The second kappa shape index (κ2) is 6.44. The highest BCUT2D eigenvalue weighted by Gasteiger charge is 2.55. The van der Waals surface area contributed by atoms with E-state index in [0.29, 0.717) is 5.41 Å². The minimum atomic E-state index is 0.610. The van der Waals surface area contributed by atoms with Crippen LogP contribution >= 0.6 is 0 Å². The summed E-state index contributed by atoms with van der Waals surface area (Å²) in [6.07, 6.45) is 7.09. The summed E-state index contributed by atoms with van der Waals surface area (Å²) < 4.78 is 0. The lowest BCUT2D eigenvalue weighted by Gasteiger charge is -2.61.